The third kappa shape index (κ3) is 1.54. The first-order valence-corrected chi connectivity index (χ1v) is 9.22. The highest BCUT2D eigenvalue weighted by Crippen LogP contribution is 2.81. The Labute approximate surface area is 139 Å². The third-order valence-electron chi connectivity index (χ3n) is 7.57. The van der Waals surface area contributed by atoms with Crippen LogP contribution in [0.4, 0.5) is 0 Å². The fourth-order valence-electron chi connectivity index (χ4n) is 6.87. The molecule has 4 fully saturated rings. The SMILES string of the molecule is COc1ccc([C@@H]2CC3(OC)C4CCC2C43N2CCCC2)cc1. The van der Waals surface area contributed by atoms with Gasteiger partial charge in [0.25, 0.3) is 0 Å². The van der Waals surface area contributed by atoms with Gasteiger partial charge < -0.3 is 9.47 Å². The minimum atomic E-state index is 0.144. The molecular weight excluding hydrogens is 286 g/mol. The average Bonchev–Trinajstić information content (AvgIpc) is 3.05. The maximum atomic E-state index is 6.25. The van der Waals surface area contributed by atoms with E-state index < -0.39 is 0 Å². The smallest absolute Gasteiger partial charge is 0.118 e. The lowest BCUT2D eigenvalue weighted by Crippen LogP contribution is -2.44. The van der Waals surface area contributed by atoms with Gasteiger partial charge in [-0.1, -0.05) is 12.1 Å². The van der Waals surface area contributed by atoms with Crippen molar-refractivity contribution < 1.29 is 9.47 Å². The fraction of sp³-hybridized carbons (Fsp3) is 0.700. The Morgan fingerprint density at radius 1 is 1.04 bits per heavy atom. The van der Waals surface area contributed by atoms with Gasteiger partial charge in [0.1, 0.15) is 5.75 Å². The second kappa shape index (κ2) is 4.73. The first-order chi connectivity index (χ1) is 11.3. The van der Waals surface area contributed by atoms with Crippen LogP contribution in [0.2, 0.25) is 0 Å². The monoisotopic (exact) mass is 313 g/mol. The second-order valence-corrected chi connectivity index (χ2v) is 7.93. The molecule has 4 unspecified atom stereocenters. The van der Waals surface area contributed by atoms with E-state index in [1.54, 1.807) is 7.11 Å². The molecule has 3 aliphatic carbocycles. The topological polar surface area (TPSA) is 21.7 Å². The van der Waals surface area contributed by atoms with Gasteiger partial charge in [0.05, 0.1) is 18.2 Å². The van der Waals surface area contributed by atoms with E-state index in [1.807, 2.05) is 7.11 Å². The molecule has 0 N–H and O–H groups in total. The van der Waals surface area contributed by atoms with Crippen molar-refractivity contribution >= 4 is 0 Å². The minimum absolute atomic E-state index is 0.144. The summed E-state index contributed by atoms with van der Waals surface area (Å²) < 4.78 is 11.6. The second-order valence-electron chi connectivity index (χ2n) is 7.93. The van der Waals surface area contributed by atoms with Crippen LogP contribution >= 0.6 is 0 Å². The van der Waals surface area contributed by atoms with Crippen LogP contribution in [0.15, 0.2) is 24.3 Å². The number of benzene rings is 1. The first kappa shape index (κ1) is 14.3. The molecule has 23 heavy (non-hydrogen) atoms. The molecule has 1 aliphatic heterocycles. The highest BCUT2D eigenvalue weighted by atomic mass is 16.5. The Balaban J connectivity index is 1.52. The maximum Gasteiger partial charge on any atom is 0.118 e. The molecule has 0 radical (unpaired) electrons. The molecule has 4 aliphatic rings. The lowest BCUT2D eigenvalue weighted by molar-refractivity contribution is 0.0190. The maximum absolute atomic E-state index is 6.25. The van der Waals surface area contributed by atoms with Gasteiger partial charge in [-0.3, -0.25) is 4.90 Å². The number of hydrogen-bond donors (Lipinski definition) is 0. The van der Waals surface area contributed by atoms with Crippen molar-refractivity contribution in [3.8, 4) is 5.75 Å². The van der Waals surface area contributed by atoms with Crippen LogP contribution < -0.4 is 4.74 Å². The highest BCUT2D eigenvalue weighted by Gasteiger charge is 2.88. The normalized spacial score (nSPS) is 44.5. The number of likely N-dealkylation sites (tertiary alicyclic amines) is 1. The molecular formula is C20H27NO2. The number of nitrogens with zero attached hydrogens (tertiary/aromatic N) is 1. The number of fused-ring (bicyclic) bond motifs is 1. The molecule has 0 spiro atoms. The summed E-state index contributed by atoms with van der Waals surface area (Å²) in [6.07, 6.45) is 6.69. The average molecular weight is 313 g/mol. The molecule has 0 aromatic heterocycles. The summed E-state index contributed by atoms with van der Waals surface area (Å²) in [6.45, 7) is 2.57. The predicted octanol–water partition coefficient (Wildman–Crippen LogP) is 3.44. The molecule has 1 saturated heterocycles. The van der Waals surface area contributed by atoms with Gasteiger partial charge in [-0.2, -0.15) is 0 Å². The van der Waals surface area contributed by atoms with Crippen molar-refractivity contribution in [1.82, 2.24) is 4.90 Å². The van der Waals surface area contributed by atoms with Crippen LogP contribution in [0.5, 0.6) is 5.75 Å². The van der Waals surface area contributed by atoms with Crippen molar-refractivity contribution in [3.63, 3.8) is 0 Å². The Kier molecular flexibility index (Phi) is 2.94. The van der Waals surface area contributed by atoms with Crippen LogP contribution in [-0.2, 0) is 4.74 Å². The van der Waals surface area contributed by atoms with E-state index in [9.17, 15) is 0 Å². The lowest BCUT2D eigenvalue weighted by Gasteiger charge is -2.33. The zero-order chi connectivity index (χ0) is 15.7. The van der Waals surface area contributed by atoms with Crippen molar-refractivity contribution in [3.05, 3.63) is 29.8 Å². The quantitative estimate of drug-likeness (QED) is 0.850. The largest absolute Gasteiger partial charge is 0.497 e. The van der Waals surface area contributed by atoms with Gasteiger partial charge >= 0.3 is 0 Å². The highest BCUT2D eigenvalue weighted by molar-refractivity contribution is 5.46. The summed E-state index contributed by atoms with van der Waals surface area (Å²) in [5.41, 5.74) is 1.99. The Morgan fingerprint density at radius 3 is 2.43 bits per heavy atom. The van der Waals surface area contributed by atoms with Crippen LogP contribution in [0.3, 0.4) is 0 Å². The molecule has 5 atom stereocenters. The third-order valence-corrected chi connectivity index (χ3v) is 7.57. The molecule has 3 heteroatoms. The lowest BCUT2D eigenvalue weighted by atomic mass is 9.83. The first-order valence-electron chi connectivity index (χ1n) is 9.22. The van der Waals surface area contributed by atoms with Crippen LogP contribution in [0.1, 0.15) is 43.6 Å². The summed E-state index contributed by atoms with van der Waals surface area (Å²) in [7, 11) is 3.70. The summed E-state index contributed by atoms with van der Waals surface area (Å²) in [4.78, 5) is 2.82. The molecule has 1 aromatic rings. The summed E-state index contributed by atoms with van der Waals surface area (Å²) >= 11 is 0. The van der Waals surface area contributed by atoms with Crippen molar-refractivity contribution in [2.45, 2.75) is 49.2 Å². The summed E-state index contributed by atoms with van der Waals surface area (Å²) in [5.74, 6) is 3.17. The molecule has 5 rings (SSSR count). The van der Waals surface area contributed by atoms with E-state index >= 15 is 0 Å². The van der Waals surface area contributed by atoms with E-state index in [0.29, 0.717) is 11.5 Å². The van der Waals surface area contributed by atoms with E-state index in [4.69, 9.17) is 9.47 Å². The number of ether oxygens (including phenoxy) is 2. The molecule has 0 amide bonds. The molecule has 3 nitrogen and oxygen atoms in total. The van der Waals surface area contributed by atoms with Gasteiger partial charge in [-0.15, -0.1) is 0 Å². The van der Waals surface area contributed by atoms with E-state index in [0.717, 1.165) is 17.6 Å². The van der Waals surface area contributed by atoms with Crippen molar-refractivity contribution in [2.24, 2.45) is 11.8 Å². The molecule has 1 heterocycles. The number of rotatable bonds is 4. The van der Waals surface area contributed by atoms with E-state index in [1.165, 1.54) is 50.8 Å². The Bertz CT molecular complexity index is 609. The predicted molar refractivity (Wildman–Crippen MR) is 89.8 cm³/mol. The summed E-state index contributed by atoms with van der Waals surface area (Å²) in [5, 5.41) is 0. The van der Waals surface area contributed by atoms with Crippen LogP contribution in [0.25, 0.3) is 0 Å². The molecule has 0 bridgehead atoms. The van der Waals surface area contributed by atoms with Crippen LogP contribution in [0, 0.1) is 11.8 Å². The molecule has 1 aromatic carbocycles. The number of methoxy groups -OCH3 is 2. The van der Waals surface area contributed by atoms with Crippen LogP contribution in [-0.4, -0.2) is 43.3 Å². The summed E-state index contributed by atoms with van der Waals surface area (Å²) in [6, 6.07) is 8.80. The van der Waals surface area contributed by atoms with Gasteiger partial charge in [0.2, 0.25) is 0 Å². The Morgan fingerprint density at radius 2 is 1.78 bits per heavy atom. The van der Waals surface area contributed by atoms with Gasteiger partial charge in [0, 0.05) is 13.0 Å². The van der Waals surface area contributed by atoms with E-state index in [-0.39, 0.29) is 5.60 Å². The zero-order valence-corrected chi connectivity index (χ0v) is 14.3. The fourth-order valence-corrected chi connectivity index (χ4v) is 6.87. The zero-order valence-electron chi connectivity index (χ0n) is 14.3. The van der Waals surface area contributed by atoms with E-state index in [2.05, 4.69) is 29.2 Å². The molecule has 124 valence electrons. The van der Waals surface area contributed by atoms with Gasteiger partial charge in [-0.05, 0) is 74.7 Å². The van der Waals surface area contributed by atoms with Crippen molar-refractivity contribution in [2.75, 3.05) is 27.3 Å². The Hall–Kier alpha value is -1.06. The standard InChI is InChI=1S/C20H27NO2/c1-22-15-7-5-14(6-8-15)16-13-19(23-2)18-10-9-17(16)20(18,19)21-11-3-4-12-21/h5-8,16-18H,3-4,9-13H2,1-2H3/t16-,17?,18?,19?,20?/m0/s1. The molecule has 3 saturated carbocycles. The van der Waals surface area contributed by atoms with Crippen molar-refractivity contribution in [1.29, 1.82) is 0 Å². The minimum Gasteiger partial charge on any atom is -0.497 e. The van der Waals surface area contributed by atoms with Gasteiger partial charge in [0.15, 0.2) is 0 Å². The number of hydrogen-bond acceptors (Lipinski definition) is 3. The van der Waals surface area contributed by atoms with Gasteiger partial charge in [-0.25, -0.2) is 0 Å².